The maximum absolute atomic E-state index is 10.9. The summed E-state index contributed by atoms with van der Waals surface area (Å²) >= 11 is 3.41. The number of benzene rings is 1. The summed E-state index contributed by atoms with van der Waals surface area (Å²) in [5.74, 6) is -1.05. The van der Waals surface area contributed by atoms with Gasteiger partial charge in [-0.2, -0.15) is 0 Å². The number of aliphatic carboxylic acids is 1. The lowest BCUT2D eigenvalue weighted by atomic mass is 9.74. The highest BCUT2D eigenvalue weighted by Gasteiger charge is 2.37. The van der Waals surface area contributed by atoms with Crippen LogP contribution in [0.3, 0.4) is 0 Å². The van der Waals surface area contributed by atoms with Crippen LogP contribution in [-0.2, 0) is 10.4 Å². The van der Waals surface area contributed by atoms with E-state index < -0.39 is 11.6 Å². The third-order valence-electron chi connectivity index (χ3n) is 3.85. The van der Waals surface area contributed by atoms with E-state index in [-0.39, 0.29) is 5.92 Å². The molecule has 0 saturated heterocycles. The number of aliphatic hydroxyl groups is 1. The van der Waals surface area contributed by atoms with Crippen molar-refractivity contribution in [3.05, 3.63) is 33.8 Å². The maximum atomic E-state index is 10.9. The number of carboxylic acid groups (broad SMARTS) is 1. The van der Waals surface area contributed by atoms with Crippen molar-refractivity contribution in [1.82, 2.24) is 0 Å². The normalized spacial score (nSPS) is 28.1. The number of halogens is 1. The molecule has 0 atom stereocenters. The van der Waals surface area contributed by atoms with Crippen molar-refractivity contribution in [3.63, 3.8) is 0 Å². The Morgan fingerprint density at radius 3 is 2.50 bits per heavy atom. The fourth-order valence-electron chi connectivity index (χ4n) is 2.76. The molecule has 18 heavy (non-hydrogen) atoms. The number of carboxylic acids is 1. The van der Waals surface area contributed by atoms with Crippen molar-refractivity contribution in [2.45, 2.75) is 38.2 Å². The van der Waals surface area contributed by atoms with Gasteiger partial charge in [0.1, 0.15) is 0 Å². The number of rotatable bonds is 2. The predicted octanol–water partition coefficient (Wildman–Crippen LogP) is 3.22. The molecule has 0 radical (unpaired) electrons. The van der Waals surface area contributed by atoms with E-state index in [1.165, 1.54) is 0 Å². The number of hydrogen-bond acceptors (Lipinski definition) is 2. The first-order valence-electron chi connectivity index (χ1n) is 6.14. The molecule has 2 rings (SSSR count). The summed E-state index contributed by atoms with van der Waals surface area (Å²) in [6, 6.07) is 5.83. The minimum Gasteiger partial charge on any atom is -0.481 e. The smallest absolute Gasteiger partial charge is 0.306 e. The van der Waals surface area contributed by atoms with Crippen LogP contribution >= 0.6 is 15.9 Å². The monoisotopic (exact) mass is 312 g/mol. The summed E-state index contributed by atoms with van der Waals surface area (Å²) in [7, 11) is 0. The Labute approximate surface area is 115 Å². The molecule has 0 heterocycles. The second-order valence-corrected chi connectivity index (χ2v) is 6.02. The Morgan fingerprint density at radius 2 is 2.00 bits per heavy atom. The van der Waals surface area contributed by atoms with Gasteiger partial charge in [-0.1, -0.05) is 22.0 Å². The lowest BCUT2D eigenvalue weighted by molar-refractivity contribution is -0.145. The highest BCUT2D eigenvalue weighted by molar-refractivity contribution is 9.10. The molecule has 0 spiro atoms. The van der Waals surface area contributed by atoms with Crippen LogP contribution < -0.4 is 0 Å². The van der Waals surface area contributed by atoms with Crippen LogP contribution in [0.4, 0.5) is 0 Å². The second kappa shape index (κ2) is 5.02. The molecule has 1 saturated carbocycles. The van der Waals surface area contributed by atoms with E-state index in [4.69, 9.17) is 5.11 Å². The average Bonchev–Trinajstić information content (AvgIpc) is 2.29. The van der Waals surface area contributed by atoms with Gasteiger partial charge in [0.25, 0.3) is 0 Å². The molecular weight excluding hydrogens is 296 g/mol. The zero-order valence-electron chi connectivity index (χ0n) is 10.3. The van der Waals surface area contributed by atoms with Crippen LogP contribution in [0.15, 0.2) is 22.7 Å². The molecule has 1 aromatic rings. The molecule has 1 aliphatic rings. The summed E-state index contributed by atoms with van der Waals surface area (Å²) in [6.45, 7) is 1.97. The quantitative estimate of drug-likeness (QED) is 0.881. The van der Waals surface area contributed by atoms with Crippen LogP contribution in [0.5, 0.6) is 0 Å². The van der Waals surface area contributed by atoms with Crippen molar-refractivity contribution in [1.29, 1.82) is 0 Å². The van der Waals surface area contributed by atoms with E-state index in [0.717, 1.165) is 15.6 Å². The highest BCUT2D eigenvalue weighted by atomic mass is 79.9. The van der Waals surface area contributed by atoms with Gasteiger partial charge in [-0.05, 0) is 55.9 Å². The Morgan fingerprint density at radius 1 is 1.39 bits per heavy atom. The van der Waals surface area contributed by atoms with Crippen molar-refractivity contribution in [2.75, 3.05) is 0 Å². The first-order chi connectivity index (χ1) is 8.42. The van der Waals surface area contributed by atoms with Crippen molar-refractivity contribution in [3.8, 4) is 0 Å². The predicted molar refractivity (Wildman–Crippen MR) is 72.4 cm³/mol. The first kappa shape index (κ1) is 13.6. The van der Waals surface area contributed by atoms with Gasteiger partial charge in [0, 0.05) is 4.47 Å². The standard InChI is InChI=1S/C14H17BrO3/c1-9-8-11(15)2-3-12(9)14(18)6-4-10(5-7-14)13(16)17/h2-3,8,10,18H,4-7H2,1H3,(H,16,17). The van der Waals surface area contributed by atoms with Gasteiger partial charge >= 0.3 is 5.97 Å². The van der Waals surface area contributed by atoms with Gasteiger partial charge in [-0.25, -0.2) is 0 Å². The summed E-state index contributed by atoms with van der Waals surface area (Å²) in [5.41, 5.74) is 1.10. The molecule has 1 aromatic carbocycles. The zero-order valence-corrected chi connectivity index (χ0v) is 11.9. The summed E-state index contributed by atoms with van der Waals surface area (Å²) < 4.78 is 0.992. The van der Waals surface area contributed by atoms with Crippen LogP contribution in [0.25, 0.3) is 0 Å². The topological polar surface area (TPSA) is 57.5 Å². The van der Waals surface area contributed by atoms with Gasteiger partial charge < -0.3 is 10.2 Å². The van der Waals surface area contributed by atoms with Crippen LogP contribution in [0.1, 0.15) is 36.8 Å². The third kappa shape index (κ3) is 2.59. The fraction of sp³-hybridized carbons (Fsp3) is 0.500. The van der Waals surface area contributed by atoms with Crippen molar-refractivity contribution in [2.24, 2.45) is 5.92 Å². The molecule has 2 N–H and O–H groups in total. The molecule has 0 aliphatic heterocycles. The van der Waals surface area contributed by atoms with E-state index in [2.05, 4.69) is 15.9 Å². The molecule has 0 unspecified atom stereocenters. The van der Waals surface area contributed by atoms with Gasteiger partial charge in [0.05, 0.1) is 11.5 Å². The Kier molecular flexibility index (Phi) is 3.78. The van der Waals surface area contributed by atoms with Crippen LogP contribution in [-0.4, -0.2) is 16.2 Å². The molecule has 1 aliphatic carbocycles. The van der Waals surface area contributed by atoms with Crippen molar-refractivity contribution >= 4 is 21.9 Å². The molecule has 3 nitrogen and oxygen atoms in total. The van der Waals surface area contributed by atoms with E-state index in [9.17, 15) is 9.90 Å². The van der Waals surface area contributed by atoms with Gasteiger partial charge in [-0.15, -0.1) is 0 Å². The summed E-state index contributed by atoms with van der Waals surface area (Å²) in [5, 5.41) is 19.7. The fourth-order valence-corrected chi connectivity index (χ4v) is 3.24. The largest absolute Gasteiger partial charge is 0.481 e. The number of aryl methyl sites for hydroxylation is 1. The lowest BCUT2D eigenvalue weighted by Crippen LogP contribution is -2.34. The molecular formula is C14H17BrO3. The summed E-state index contributed by atoms with van der Waals surface area (Å²) in [6.07, 6.45) is 2.13. The molecule has 0 bridgehead atoms. The average molecular weight is 313 g/mol. The van der Waals surface area contributed by atoms with Crippen LogP contribution in [0.2, 0.25) is 0 Å². The number of carbonyl (C=O) groups is 1. The molecule has 4 heteroatoms. The van der Waals surface area contributed by atoms with Gasteiger partial charge in [0.2, 0.25) is 0 Å². The van der Waals surface area contributed by atoms with Crippen molar-refractivity contribution < 1.29 is 15.0 Å². The SMILES string of the molecule is Cc1cc(Br)ccc1C1(O)CCC(C(=O)O)CC1. The number of hydrogen-bond donors (Lipinski definition) is 2. The Balaban J connectivity index is 2.20. The second-order valence-electron chi connectivity index (χ2n) is 5.10. The Hall–Kier alpha value is -0.870. The Bertz CT molecular complexity index is 462. The van der Waals surface area contributed by atoms with E-state index in [0.29, 0.717) is 25.7 Å². The third-order valence-corrected chi connectivity index (χ3v) is 4.35. The van der Waals surface area contributed by atoms with Crippen LogP contribution in [0, 0.1) is 12.8 Å². The summed E-state index contributed by atoms with van der Waals surface area (Å²) in [4.78, 5) is 10.9. The zero-order chi connectivity index (χ0) is 13.3. The minimum atomic E-state index is -0.864. The lowest BCUT2D eigenvalue weighted by Gasteiger charge is -2.36. The molecule has 0 aromatic heterocycles. The maximum Gasteiger partial charge on any atom is 0.306 e. The molecule has 98 valence electrons. The van der Waals surface area contributed by atoms with E-state index in [1.807, 2.05) is 25.1 Å². The minimum absolute atomic E-state index is 0.305. The molecule has 1 fully saturated rings. The molecule has 0 amide bonds. The first-order valence-corrected chi connectivity index (χ1v) is 6.93. The van der Waals surface area contributed by atoms with Gasteiger partial charge in [-0.3, -0.25) is 4.79 Å². The highest BCUT2D eigenvalue weighted by Crippen LogP contribution is 2.41. The van der Waals surface area contributed by atoms with Gasteiger partial charge in [0.15, 0.2) is 0 Å². The van der Waals surface area contributed by atoms with E-state index in [1.54, 1.807) is 0 Å². The van der Waals surface area contributed by atoms with E-state index >= 15 is 0 Å².